The van der Waals surface area contributed by atoms with Crippen LogP contribution in [-0.4, -0.2) is 54.5 Å². The third-order valence-corrected chi connectivity index (χ3v) is 3.98. The molecule has 2 N–H and O–H groups in total. The zero-order chi connectivity index (χ0) is 13.7. The molecule has 0 bridgehead atoms. The van der Waals surface area contributed by atoms with E-state index in [9.17, 15) is 0 Å². The number of guanidine groups is 1. The van der Waals surface area contributed by atoms with Gasteiger partial charge in [0.1, 0.15) is 5.82 Å². The van der Waals surface area contributed by atoms with E-state index < -0.39 is 0 Å². The molecule has 1 aliphatic heterocycles. The standard InChI is InChI=1S/C13H21N5S.HI/c1-17(2)12-11(4-3-5-15-12)10-16-13(14)18-6-8-19-9-7-18;/h3-5H,6-10H2,1-2H3,(H2,14,16);1H. The van der Waals surface area contributed by atoms with Gasteiger partial charge in [-0.3, -0.25) is 0 Å². The van der Waals surface area contributed by atoms with Gasteiger partial charge in [-0.05, 0) is 6.07 Å². The first-order valence-corrected chi connectivity index (χ1v) is 7.58. The third-order valence-electron chi connectivity index (χ3n) is 3.04. The molecule has 1 fully saturated rings. The number of hydrogen-bond acceptors (Lipinski definition) is 4. The molecule has 0 aliphatic carbocycles. The Bertz CT molecular complexity index is 446. The van der Waals surface area contributed by atoms with E-state index in [0.717, 1.165) is 36.0 Å². The second-order valence-corrected chi connectivity index (χ2v) is 5.88. The number of nitrogens with two attached hydrogens (primary N) is 1. The van der Waals surface area contributed by atoms with Gasteiger partial charge in [0.05, 0.1) is 6.54 Å². The van der Waals surface area contributed by atoms with Crippen LogP contribution in [-0.2, 0) is 6.54 Å². The van der Waals surface area contributed by atoms with Gasteiger partial charge in [0.2, 0.25) is 0 Å². The summed E-state index contributed by atoms with van der Waals surface area (Å²) in [6.07, 6.45) is 1.80. The summed E-state index contributed by atoms with van der Waals surface area (Å²) in [5.74, 6) is 3.86. The summed E-state index contributed by atoms with van der Waals surface area (Å²) in [5, 5.41) is 0. The van der Waals surface area contributed by atoms with Crippen LogP contribution in [0.2, 0.25) is 0 Å². The van der Waals surface area contributed by atoms with E-state index in [2.05, 4.69) is 14.9 Å². The van der Waals surface area contributed by atoms with E-state index in [1.54, 1.807) is 6.20 Å². The molecule has 5 nitrogen and oxygen atoms in total. The first kappa shape index (κ1) is 17.4. The van der Waals surface area contributed by atoms with E-state index in [0.29, 0.717) is 12.5 Å². The van der Waals surface area contributed by atoms with Crippen LogP contribution in [0.3, 0.4) is 0 Å². The van der Waals surface area contributed by atoms with Crippen LogP contribution in [0.25, 0.3) is 0 Å². The topological polar surface area (TPSA) is 57.8 Å². The van der Waals surface area contributed by atoms with Crippen LogP contribution in [0.5, 0.6) is 0 Å². The minimum absolute atomic E-state index is 0. The Balaban J connectivity index is 0.00000200. The van der Waals surface area contributed by atoms with Gasteiger partial charge in [0.15, 0.2) is 5.96 Å². The number of rotatable bonds is 3. The molecule has 2 rings (SSSR count). The van der Waals surface area contributed by atoms with Crippen LogP contribution >= 0.6 is 35.7 Å². The predicted octanol–water partition coefficient (Wildman–Crippen LogP) is 1.63. The molecule has 0 radical (unpaired) electrons. The summed E-state index contributed by atoms with van der Waals surface area (Å²) in [4.78, 5) is 13.0. The highest BCUT2D eigenvalue weighted by Gasteiger charge is 2.12. The molecule has 1 saturated heterocycles. The molecule has 1 aromatic heterocycles. The van der Waals surface area contributed by atoms with Crippen LogP contribution < -0.4 is 10.6 Å². The van der Waals surface area contributed by atoms with Gasteiger partial charge in [-0.1, -0.05) is 6.07 Å². The maximum atomic E-state index is 6.06. The molecule has 0 spiro atoms. The van der Waals surface area contributed by atoms with E-state index >= 15 is 0 Å². The summed E-state index contributed by atoms with van der Waals surface area (Å²) in [5.41, 5.74) is 7.15. The fourth-order valence-corrected chi connectivity index (χ4v) is 2.92. The normalized spacial score (nSPS) is 15.7. The Hall–Kier alpha value is -0.700. The van der Waals surface area contributed by atoms with Crippen molar-refractivity contribution in [2.24, 2.45) is 10.7 Å². The fraction of sp³-hybridized carbons (Fsp3) is 0.538. The smallest absolute Gasteiger partial charge is 0.191 e. The van der Waals surface area contributed by atoms with E-state index in [1.165, 1.54) is 0 Å². The average Bonchev–Trinajstić information content (AvgIpc) is 2.46. The zero-order valence-electron chi connectivity index (χ0n) is 12.0. The molecular formula is C13H22IN5S. The lowest BCUT2D eigenvalue weighted by Gasteiger charge is -2.27. The van der Waals surface area contributed by atoms with Gasteiger partial charge in [-0.2, -0.15) is 11.8 Å². The number of thioether (sulfide) groups is 1. The minimum atomic E-state index is 0. The summed E-state index contributed by atoms with van der Waals surface area (Å²) in [6.45, 7) is 2.57. The zero-order valence-corrected chi connectivity index (χ0v) is 15.1. The summed E-state index contributed by atoms with van der Waals surface area (Å²) >= 11 is 1.97. The summed E-state index contributed by atoms with van der Waals surface area (Å²) in [7, 11) is 3.97. The molecule has 1 aliphatic rings. The number of halogens is 1. The molecule has 112 valence electrons. The SMILES string of the molecule is CN(C)c1ncccc1CN=C(N)N1CCSCC1.I. The van der Waals surface area contributed by atoms with E-state index in [-0.39, 0.29) is 24.0 Å². The number of aliphatic imine (C=N–C) groups is 1. The number of hydrogen-bond donors (Lipinski definition) is 1. The highest BCUT2D eigenvalue weighted by atomic mass is 127. The fourth-order valence-electron chi connectivity index (χ4n) is 2.01. The largest absolute Gasteiger partial charge is 0.370 e. The lowest BCUT2D eigenvalue weighted by Crippen LogP contribution is -2.42. The molecule has 0 unspecified atom stereocenters. The van der Waals surface area contributed by atoms with Gasteiger partial charge in [-0.15, -0.1) is 24.0 Å². The highest BCUT2D eigenvalue weighted by molar-refractivity contribution is 14.0. The Morgan fingerprint density at radius 1 is 1.45 bits per heavy atom. The van der Waals surface area contributed by atoms with Crippen LogP contribution in [0.1, 0.15) is 5.56 Å². The van der Waals surface area contributed by atoms with Crippen molar-refractivity contribution in [1.29, 1.82) is 0 Å². The van der Waals surface area contributed by atoms with Crippen molar-refractivity contribution < 1.29 is 0 Å². The van der Waals surface area contributed by atoms with Crippen molar-refractivity contribution in [3.05, 3.63) is 23.9 Å². The van der Waals surface area contributed by atoms with Gasteiger partial charge >= 0.3 is 0 Å². The Morgan fingerprint density at radius 2 is 2.15 bits per heavy atom. The number of pyridine rings is 1. The summed E-state index contributed by atoms with van der Waals surface area (Å²) in [6, 6.07) is 3.98. The minimum Gasteiger partial charge on any atom is -0.370 e. The monoisotopic (exact) mass is 407 g/mol. The molecule has 0 aromatic carbocycles. The molecular weight excluding hydrogens is 385 g/mol. The molecule has 2 heterocycles. The molecule has 7 heteroatoms. The molecule has 1 aromatic rings. The van der Waals surface area contributed by atoms with Gasteiger partial charge in [0.25, 0.3) is 0 Å². The Labute approximate surface area is 142 Å². The second kappa shape index (κ2) is 8.56. The average molecular weight is 407 g/mol. The third kappa shape index (κ3) is 4.69. The molecule has 0 amide bonds. The summed E-state index contributed by atoms with van der Waals surface area (Å²) < 4.78 is 0. The van der Waals surface area contributed by atoms with Gasteiger partial charge < -0.3 is 15.5 Å². The van der Waals surface area contributed by atoms with Gasteiger partial charge in [-0.25, -0.2) is 9.98 Å². The first-order chi connectivity index (χ1) is 9.18. The van der Waals surface area contributed by atoms with Crippen molar-refractivity contribution in [1.82, 2.24) is 9.88 Å². The van der Waals surface area contributed by atoms with Crippen LogP contribution in [0.4, 0.5) is 5.82 Å². The highest BCUT2D eigenvalue weighted by Crippen LogP contribution is 2.15. The number of nitrogens with zero attached hydrogens (tertiary/aromatic N) is 4. The lowest BCUT2D eigenvalue weighted by atomic mass is 10.2. The van der Waals surface area contributed by atoms with Crippen molar-refractivity contribution in [3.63, 3.8) is 0 Å². The lowest BCUT2D eigenvalue weighted by molar-refractivity contribution is 0.455. The van der Waals surface area contributed by atoms with Crippen molar-refractivity contribution in [3.8, 4) is 0 Å². The van der Waals surface area contributed by atoms with Crippen molar-refractivity contribution >= 4 is 47.5 Å². The Kier molecular flexibility index (Phi) is 7.42. The van der Waals surface area contributed by atoms with Crippen molar-refractivity contribution in [2.45, 2.75) is 6.54 Å². The maximum Gasteiger partial charge on any atom is 0.191 e. The Morgan fingerprint density at radius 3 is 2.80 bits per heavy atom. The van der Waals surface area contributed by atoms with Gasteiger partial charge in [0, 0.05) is 50.5 Å². The van der Waals surface area contributed by atoms with Crippen molar-refractivity contribution in [2.75, 3.05) is 43.6 Å². The number of anilines is 1. The second-order valence-electron chi connectivity index (χ2n) is 4.65. The van der Waals surface area contributed by atoms with E-state index in [1.807, 2.05) is 42.9 Å². The quantitative estimate of drug-likeness (QED) is 0.469. The van der Waals surface area contributed by atoms with Crippen LogP contribution in [0.15, 0.2) is 23.3 Å². The molecule has 0 atom stereocenters. The number of aromatic nitrogens is 1. The maximum absolute atomic E-state index is 6.06. The molecule has 20 heavy (non-hydrogen) atoms. The predicted molar refractivity (Wildman–Crippen MR) is 98.2 cm³/mol. The first-order valence-electron chi connectivity index (χ1n) is 6.42. The molecule has 0 saturated carbocycles. The van der Waals surface area contributed by atoms with Crippen LogP contribution in [0, 0.1) is 0 Å². The van der Waals surface area contributed by atoms with E-state index in [4.69, 9.17) is 5.73 Å².